The van der Waals surface area contributed by atoms with Crippen LogP contribution in [0.1, 0.15) is 75.7 Å². The highest BCUT2D eigenvalue weighted by molar-refractivity contribution is 5.74. The molecule has 2 aliphatic rings. The number of aliphatic hydroxyl groups excluding tert-OH is 1. The molecule has 2 heteroatoms. The SMILES string of the molecule is C/C=C\C1=C(CC)CC(c2ccc(C=O)cc2)(C2CC=CC=C(O)C2)C1.CC. The number of aldehydes is 1. The molecule has 150 valence electrons. The number of hydrogen-bond donors (Lipinski definition) is 1. The molecule has 1 aromatic carbocycles. The molecule has 1 N–H and O–H groups in total. The Bertz CT molecular complexity index is 777. The lowest BCUT2D eigenvalue weighted by Crippen LogP contribution is -2.33. The summed E-state index contributed by atoms with van der Waals surface area (Å²) in [5.41, 5.74) is 4.91. The standard InChI is InChI=1S/C24H28O2.C2H6/c1-3-7-20-16-24(15-19(20)4-2,21-12-10-18(17-25)11-13-21)22-8-5-6-9-23(26)14-22;1-2/h3,5-7,9-13,17,22,26H,4,8,14-16H2,1-2H3;1-2H3/b7-3-;. The first-order chi connectivity index (χ1) is 13.6. The molecule has 3 rings (SSSR count). The minimum atomic E-state index is -0.0297. The molecule has 2 nitrogen and oxygen atoms in total. The maximum absolute atomic E-state index is 11.1. The summed E-state index contributed by atoms with van der Waals surface area (Å²) in [6, 6.07) is 8.08. The monoisotopic (exact) mass is 378 g/mol. The van der Waals surface area contributed by atoms with Gasteiger partial charge in [-0.1, -0.05) is 74.9 Å². The Morgan fingerprint density at radius 3 is 2.50 bits per heavy atom. The number of aliphatic hydroxyl groups is 1. The van der Waals surface area contributed by atoms with E-state index in [1.807, 2.05) is 38.1 Å². The quantitative estimate of drug-likeness (QED) is 0.548. The van der Waals surface area contributed by atoms with Crippen LogP contribution in [0.25, 0.3) is 0 Å². The first-order valence-electron chi connectivity index (χ1n) is 10.6. The second-order valence-corrected chi connectivity index (χ2v) is 7.45. The molecule has 0 aromatic heterocycles. The molecule has 2 unspecified atom stereocenters. The van der Waals surface area contributed by atoms with Crippen molar-refractivity contribution in [2.75, 3.05) is 0 Å². The van der Waals surface area contributed by atoms with E-state index in [4.69, 9.17) is 0 Å². The van der Waals surface area contributed by atoms with E-state index >= 15 is 0 Å². The largest absolute Gasteiger partial charge is 0.512 e. The Hall–Kier alpha value is -2.35. The van der Waals surface area contributed by atoms with Crippen LogP contribution in [-0.2, 0) is 5.41 Å². The van der Waals surface area contributed by atoms with E-state index in [-0.39, 0.29) is 5.41 Å². The summed E-state index contributed by atoms with van der Waals surface area (Å²) in [6.07, 6.45) is 16.0. The summed E-state index contributed by atoms with van der Waals surface area (Å²) in [7, 11) is 0. The summed E-state index contributed by atoms with van der Waals surface area (Å²) in [4.78, 5) is 11.1. The van der Waals surface area contributed by atoms with Crippen molar-refractivity contribution in [3.05, 3.63) is 82.7 Å². The zero-order valence-electron chi connectivity index (χ0n) is 17.7. The maximum atomic E-state index is 11.1. The fraction of sp³-hybridized carbons (Fsp3) is 0.423. The summed E-state index contributed by atoms with van der Waals surface area (Å²) in [6.45, 7) is 8.30. The van der Waals surface area contributed by atoms with Crippen molar-refractivity contribution in [1.29, 1.82) is 0 Å². The van der Waals surface area contributed by atoms with E-state index in [0.29, 0.717) is 23.7 Å². The molecular weight excluding hydrogens is 344 g/mol. The van der Waals surface area contributed by atoms with E-state index < -0.39 is 0 Å². The van der Waals surface area contributed by atoms with Gasteiger partial charge in [0.1, 0.15) is 6.29 Å². The zero-order valence-corrected chi connectivity index (χ0v) is 17.7. The van der Waals surface area contributed by atoms with Crippen molar-refractivity contribution in [3.8, 4) is 0 Å². The molecule has 0 amide bonds. The van der Waals surface area contributed by atoms with Crippen LogP contribution in [0.15, 0.2) is 71.6 Å². The molecule has 0 saturated heterocycles. The average molecular weight is 379 g/mol. The Labute approximate surface area is 170 Å². The Morgan fingerprint density at radius 1 is 1.18 bits per heavy atom. The highest BCUT2D eigenvalue weighted by Gasteiger charge is 2.45. The molecule has 0 bridgehead atoms. The highest BCUT2D eigenvalue weighted by atomic mass is 16.3. The van der Waals surface area contributed by atoms with Crippen molar-refractivity contribution in [1.82, 2.24) is 0 Å². The first-order valence-corrected chi connectivity index (χ1v) is 10.6. The summed E-state index contributed by atoms with van der Waals surface area (Å²) in [5.74, 6) is 0.800. The molecule has 0 heterocycles. The van der Waals surface area contributed by atoms with Crippen LogP contribution in [0, 0.1) is 5.92 Å². The lowest BCUT2D eigenvalue weighted by atomic mass is 9.65. The van der Waals surface area contributed by atoms with E-state index in [9.17, 15) is 9.90 Å². The fourth-order valence-electron chi connectivity index (χ4n) is 4.62. The summed E-state index contributed by atoms with van der Waals surface area (Å²) < 4.78 is 0. The normalized spacial score (nSPS) is 24.6. The lowest BCUT2D eigenvalue weighted by Gasteiger charge is -2.38. The predicted molar refractivity (Wildman–Crippen MR) is 119 cm³/mol. The zero-order chi connectivity index (χ0) is 20.6. The van der Waals surface area contributed by atoms with Crippen LogP contribution in [0.2, 0.25) is 0 Å². The van der Waals surface area contributed by atoms with Gasteiger partial charge in [0.15, 0.2) is 0 Å². The Kier molecular flexibility index (Phi) is 8.04. The Morgan fingerprint density at radius 2 is 1.89 bits per heavy atom. The van der Waals surface area contributed by atoms with Gasteiger partial charge >= 0.3 is 0 Å². The molecule has 2 aliphatic carbocycles. The Balaban J connectivity index is 0.00000136. The maximum Gasteiger partial charge on any atom is 0.150 e. The third-order valence-electron chi connectivity index (χ3n) is 5.99. The number of hydrogen-bond acceptors (Lipinski definition) is 2. The van der Waals surface area contributed by atoms with Crippen LogP contribution in [0.4, 0.5) is 0 Å². The summed E-state index contributed by atoms with van der Waals surface area (Å²) >= 11 is 0. The minimum Gasteiger partial charge on any atom is -0.512 e. The highest BCUT2D eigenvalue weighted by Crippen LogP contribution is 2.53. The van der Waals surface area contributed by atoms with Crippen LogP contribution < -0.4 is 0 Å². The van der Waals surface area contributed by atoms with E-state index in [2.05, 4.69) is 44.2 Å². The van der Waals surface area contributed by atoms with Crippen LogP contribution >= 0.6 is 0 Å². The summed E-state index contributed by atoms with van der Waals surface area (Å²) in [5, 5.41) is 10.3. The van der Waals surface area contributed by atoms with Gasteiger partial charge in [0.2, 0.25) is 0 Å². The number of benzene rings is 1. The van der Waals surface area contributed by atoms with Gasteiger partial charge < -0.3 is 5.11 Å². The van der Waals surface area contributed by atoms with Gasteiger partial charge in [-0.3, -0.25) is 4.79 Å². The van der Waals surface area contributed by atoms with Crippen molar-refractivity contribution in [2.24, 2.45) is 5.92 Å². The van der Waals surface area contributed by atoms with E-state index in [1.165, 1.54) is 16.7 Å². The topological polar surface area (TPSA) is 37.3 Å². The fourth-order valence-corrected chi connectivity index (χ4v) is 4.62. The molecule has 0 saturated carbocycles. The first kappa shape index (κ1) is 21.9. The van der Waals surface area contributed by atoms with Crippen molar-refractivity contribution in [2.45, 2.75) is 65.2 Å². The van der Waals surface area contributed by atoms with Gasteiger partial charge in [0.05, 0.1) is 5.76 Å². The molecule has 2 atom stereocenters. The van der Waals surface area contributed by atoms with Gasteiger partial charge in [0.25, 0.3) is 0 Å². The number of rotatable bonds is 5. The van der Waals surface area contributed by atoms with E-state index in [0.717, 1.165) is 32.0 Å². The van der Waals surface area contributed by atoms with Crippen LogP contribution in [0.3, 0.4) is 0 Å². The van der Waals surface area contributed by atoms with Gasteiger partial charge in [-0.25, -0.2) is 0 Å². The number of allylic oxidation sites excluding steroid dienone is 8. The van der Waals surface area contributed by atoms with Gasteiger partial charge in [0, 0.05) is 17.4 Å². The lowest BCUT2D eigenvalue weighted by molar-refractivity contribution is 0.112. The molecule has 1 aromatic rings. The minimum absolute atomic E-state index is 0.0297. The second kappa shape index (κ2) is 10.3. The molecule has 0 fully saturated rings. The third kappa shape index (κ3) is 4.55. The average Bonchev–Trinajstić information content (AvgIpc) is 2.97. The number of carbonyl (C=O) groups is 1. The van der Waals surface area contributed by atoms with Crippen molar-refractivity contribution in [3.63, 3.8) is 0 Å². The number of carbonyl (C=O) groups excluding carboxylic acids is 1. The van der Waals surface area contributed by atoms with E-state index in [1.54, 1.807) is 0 Å². The molecule has 0 aliphatic heterocycles. The smallest absolute Gasteiger partial charge is 0.150 e. The third-order valence-corrected chi connectivity index (χ3v) is 5.99. The van der Waals surface area contributed by atoms with Gasteiger partial charge in [-0.05, 0) is 55.7 Å². The van der Waals surface area contributed by atoms with Crippen molar-refractivity contribution >= 4 is 6.29 Å². The van der Waals surface area contributed by atoms with Crippen molar-refractivity contribution < 1.29 is 9.90 Å². The molecular formula is C26H34O2. The van der Waals surface area contributed by atoms with Crippen LogP contribution in [0.5, 0.6) is 0 Å². The van der Waals surface area contributed by atoms with Gasteiger partial charge in [-0.2, -0.15) is 0 Å². The second-order valence-electron chi connectivity index (χ2n) is 7.45. The van der Waals surface area contributed by atoms with Gasteiger partial charge in [-0.15, -0.1) is 0 Å². The van der Waals surface area contributed by atoms with Crippen LogP contribution in [-0.4, -0.2) is 11.4 Å². The molecule has 0 spiro atoms. The molecule has 0 radical (unpaired) electrons. The molecule has 28 heavy (non-hydrogen) atoms. The predicted octanol–water partition coefficient (Wildman–Crippen LogP) is 7.25.